The fourth-order valence-electron chi connectivity index (χ4n) is 2.49. The molecule has 0 saturated heterocycles. The molecule has 0 heterocycles. The van der Waals surface area contributed by atoms with Gasteiger partial charge in [0.25, 0.3) is 0 Å². The fourth-order valence-corrected chi connectivity index (χ4v) is 2.49. The van der Waals surface area contributed by atoms with Crippen LogP contribution in [0.25, 0.3) is 0 Å². The van der Waals surface area contributed by atoms with E-state index in [1.54, 1.807) is 24.3 Å². The second-order valence-electron chi connectivity index (χ2n) is 6.77. The lowest BCUT2D eigenvalue weighted by atomic mass is 10.2. The summed E-state index contributed by atoms with van der Waals surface area (Å²) in [5.74, 6) is -0.968. The van der Waals surface area contributed by atoms with Gasteiger partial charge < -0.3 is 18.9 Å². The Morgan fingerprint density at radius 2 is 1.03 bits per heavy atom. The van der Waals surface area contributed by atoms with Crippen LogP contribution >= 0.6 is 0 Å². The van der Waals surface area contributed by atoms with Crippen LogP contribution in [0.15, 0.2) is 48.5 Å². The van der Waals surface area contributed by atoms with E-state index in [0.29, 0.717) is 30.8 Å². The molecule has 14 heteroatoms. The molecule has 0 aromatic heterocycles. The smallest absolute Gasteiger partial charge is 0.497 e. The van der Waals surface area contributed by atoms with E-state index in [0.717, 1.165) is 0 Å². The van der Waals surface area contributed by atoms with Gasteiger partial charge in [0, 0.05) is 0 Å². The molecule has 0 aliphatic rings. The maximum absolute atomic E-state index is 11.8. The van der Waals surface area contributed by atoms with Crippen molar-refractivity contribution in [3.8, 4) is 11.5 Å². The summed E-state index contributed by atoms with van der Waals surface area (Å²) in [4.78, 5) is 63.3. The van der Waals surface area contributed by atoms with Crippen molar-refractivity contribution in [2.45, 2.75) is 19.3 Å². The van der Waals surface area contributed by atoms with Crippen LogP contribution in [0.2, 0.25) is 0 Å². The molecule has 0 aliphatic carbocycles. The van der Waals surface area contributed by atoms with Crippen molar-refractivity contribution >= 4 is 24.2 Å². The van der Waals surface area contributed by atoms with Crippen molar-refractivity contribution in [2.24, 2.45) is 0 Å². The Morgan fingerprint density at radius 3 is 1.43 bits per heavy atom. The second-order valence-corrected chi connectivity index (χ2v) is 6.77. The van der Waals surface area contributed by atoms with Crippen LogP contribution in [0.4, 0.5) is 9.59 Å². The predicted octanol–water partition coefficient (Wildman–Crippen LogP) is 3.89. The van der Waals surface area contributed by atoms with Crippen molar-refractivity contribution in [2.75, 3.05) is 27.4 Å². The minimum absolute atomic E-state index is 0.0419. The van der Waals surface area contributed by atoms with Gasteiger partial charge in [-0.15, -0.1) is 0 Å². The Kier molecular flexibility index (Phi) is 12.5. The van der Waals surface area contributed by atoms with Crippen LogP contribution in [0.5, 0.6) is 11.5 Å². The average Bonchev–Trinajstić information content (AvgIpc) is 2.92. The zero-order valence-electron chi connectivity index (χ0n) is 19.9. The van der Waals surface area contributed by atoms with Gasteiger partial charge in [-0.1, -0.05) is 12.1 Å². The summed E-state index contributed by atoms with van der Waals surface area (Å²) < 4.78 is 19.4. The minimum atomic E-state index is -1.22. The molecule has 0 fully saturated rings. The van der Waals surface area contributed by atoms with Crippen LogP contribution in [-0.2, 0) is 39.1 Å². The van der Waals surface area contributed by atoms with Crippen molar-refractivity contribution in [1.29, 1.82) is 0 Å². The number of carbonyl (C=O) groups is 4. The van der Waals surface area contributed by atoms with Crippen LogP contribution < -0.4 is 9.47 Å². The highest BCUT2D eigenvalue weighted by molar-refractivity contribution is 5.89. The Bertz CT molecular complexity index is 956. The molecule has 0 amide bonds. The molecule has 0 radical (unpaired) electrons. The highest BCUT2D eigenvalue weighted by Gasteiger charge is 2.14. The quantitative estimate of drug-likeness (QED) is 0.151. The highest BCUT2D eigenvalue weighted by atomic mass is 17.5. The van der Waals surface area contributed by atoms with Gasteiger partial charge in [0.15, 0.2) is 0 Å². The van der Waals surface area contributed by atoms with Crippen LogP contribution in [-0.4, -0.2) is 51.7 Å². The van der Waals surface area contributed by atoms with Crippen molar-refractivity contribution in [3.63, 3.8) is 0 Å². The van der Waals surface area contributed by atoms with E-state index in [9.17, 15) is 19.2 Å². The van der Waals surface area contributed by atoms with Crippen LogP contribution in [0, 0.1) is 0 Å². The zero-order valence-corrected chi connectivity index (χ0v) is 19.9. The topological polar surface area (TPSA) is 161 Å². The van der Waals surface area contributed by atoms with Crippen molar-refractivity contribution in [3.05, 3.63) is 59.7 Å². The minimum Gasteiger partial charge on any atom is -0.497 e. The molecule has 2 rings (SSSR count). The summed E-state index contributed by atoms with van der Waals surface area (Å²) in [5.41, 5.74) is 0.228. The first kappa shape index (κ1) is 28.7. The summed E-state index contributed by atoms with van der Waals surface area (Å²) in [5, 5.41) is 8.21. The van der Waals surface area contributed by atoms with E-state index in [-0.39, 0.29) is 24.3 Å². The maximum atomic E-state index is 11.8. The molecule has 0 saturated carbocycles. The monoisotopic (exact) mass is 524 g/mol. The van der Waals surface area contributed by atoms with Crippen molar-refractivity contribution < 1.29 is 67.8 Å². The predicted molar refractivity (Wildman–Crippen MR) is 118 cm³/mol. The number of hydrogen-bond acceptors (Lipinski definition) is 14. The standard InChI is InChI=1S/C23H24O14/c1-28-18-10-6-8-16(14-18)20(24)32-36-34-22(26)30-12-4-3-5-13-31-23(27)35-37-33-21(25)17-9-7-11-19(15-17)29-2/h6-11,14-15H,3-5,12-13H2,1-2H3. The summed E-state index contributed by atoms with van der Waals surface area (Å²) in [6, 6.07) is 12.1. The molecule has 14 nitrogen and oxygen atoms in total. The third kappa shape index (κ3) is 11.1. The van der Waals surface area contributed by atoms with Gasteiger partial charge in [0.2, 0.25) is 0 Å². The molecular formula is C23H24O14. The number of benzene rings is 2. The van der Waals surface area contributed by atoms with Gasteiger partial charge in [0.1, 0.15) is 11.5 Å². The molecule has 0 bridgehead atoms. The number of hydrogen-bond donors (Lipinski definition) is 0. The molecule has 2 aromatic rings. The molecule has 0 unspecified atom stereocenters. The number of methoxy groups -OCH3 is 2. The summed E-state index contributed by atoms with van der Waals surface area (Å²) in [7, 11) is 2.87. The zero-order chi connectivity index (χ0) is 26.9. The first-order chi connectivity index (χ1) is 17.9. The Balaban J connectivity index is 1.45. The molecule has 0 aliphatic heterocycles. The van der Waals surface area contributed by atoms with Crippen LogP contribution in [0.1, 0.15) is 40.0 Å². The summed E-state index contributed by atoms with van der Waals surface area (Å²) >= 11 is 0. The van der Waals surface area contributed by atoms with Gasteiger partial charge in [-0.2, -0.15) is 0 Å². The van der Waals surface area contributed by atoms with E-state index in [2.05, 4.69) is 29.6 Å². The molecule has 0 atom stereocenters. The first-order valence-corrected chi connectivity index (χ1v) is 10.7. The third-order valence-electron chi connectivity index (χ3n) is 4.26. The summed E-state index contributed by atoms with van der Waals surface area (Å²) in [6.45, 7) is -0.0837. The first-order valence-electron chi connectivity index (χ1n) is 10.7. The lowest BCUT2D eigenvalue weighted by Gasteiger charge is -2.06. The molecule has 0 spiro atoms. The Hall–Kier alpha value is -4.56. The molecule has 200 valence electrons. The highest BCUT2D eigenvalue weighted by Crippen LogP contribution is 2.14. The molecule has 37 heavy (non-hydrogen) atoms. The van der Waals surface area contributed by atoms with Gasteiger partial charge in [-0.05, 0) is 55.7 Å². The molecule has 2 aromatic carbocycles. The van der Waals surface area contributed by atoms with E-state index in [1.165, 1.54) is 38.5 Å². The summed E-state index contributed by atoms with van der Waals surface area (Å²) in [6.07, 6.45) is -1.16. The van der Waals surface area contributed by atoms with Gasteiger partial charge >= 0.3 is 24.2 Å². The Morgan fingerprint density at radius 1 is 0.595 bits per heavy atom. The van der Waals surface area contributed by atoms with E-state index >= 15 is 0 Å². The van der Waals surface area contributed by atoms with E-state index in [1.807, 2.05) is 0 Å². The van der Waals surface area contributed by atoms with Gasteiger partial charge in [0.05, 0.1) is 48.6 Å². The van der Waals surface area contributed by atoms with Gasteiger partial charge in [-0.25, -0.2) is 29.0 Å². The van der Waals surface area contributed by atoms with Crippen molar-refractivity contribution in [1.82, 2.24) is 0 Å². The largest absolute Gasteiger partial charge is 0.543 e. The number of rotatable bonds is 14. The Labute approximate surface area is 210 Å². The van der Waals surface area contributed by atoms with Crippen LogP contribution in [0.3, 0.4) is 0 Å². The lowest BCUT2D eigenvalue weighted by Crippen LogP contribution is -2.13. The number of unbranched alkanes of at least 4 members (excludes halogenated alkanes) is 2. The third-order valence-corrected chi connectivity index (χ3v) is 4.26. The fraction of sp³-hybridized carbons (Fsp3) is 0.304. The molecular weight excluding hydrogens is 500 g/mol. The number of carbonyl (C=O) groups excluding carboxylic acids is 4. The van der Waals surface area contributed by atoms with E-state index in [4.69, 9.17) is 18.9 Å². The van der Waals surface area contributed by atoms with E-state index < -0.39 is 24.2 Å². The normalized spacial score (nSPS) is 10.0. The second kappa shape index (κ2) is 16.2. The maximum Gasteiger partial charge on any atom is 0.543 e. The average molecular weight is 524 g/mol. The molecule has 0 N–H and O–H groups in total. The number of ether oxygens (including phenoxy) is 4. The SMILES string of the molecule is COc1cccc(C(=O)OOOC(=O)OCCCCCOC(=O)OOOC(=O)c2cccc(OC)c2)c1. The van der Waals surface area contributed by atoms with Gasteiger partial charge in [-0.3, -0.25) is 9.78 Å². The lowest BCUT2D eigenvalue weighted by molar-refractivity contribution is -0.452.